The molecule has 0 fully saturated rings. The minimum absolute atomic E-state index is 0.223. The van der Waals surface area contributed by atoms with E-state index in [0.29, 0.717) is 11.4 Å². The minimum atomic E-state index is -0.999. The average molecular weight is 382 g/mol. The van der Waals surface area contributed by atoms with Gasteiger partial charge < -0.3 is 20.1 Å². The molecule has 2 amide bonds. The number of amides is 2. The van der Waals surface area contributed by atoms with Crippen molar-refractivity contribution in [2.45, 2.75) is 38.5 Å². The summed E-state index contributed by atoms with van der Waals surface area (Å²) >= 11 is 0. The summed E-state index contributed by atoms with van der Waals surface area (Å²) in [5, 5.41) is 5.48. The molecule has 28 heavy (non-hydrogen) atoms. The molecule has 2 aromatic carbocycles. The van der Waals surface area contributed by atoms with E-state index in [2.05, 4.69) is 10.6 Å². The van der Waals surface area contributed by atoms with Gasteiger partial charge in [-0.25, -0.2) is 0 Å². The second-order valence-electron chi connectivity index (χ2n) is 6.57. The van der Waals surface area contributed by atoms with Gasteiger partial charge in [-0.05, 0) is 31.5 Å². The fourth-order valence-electron chi connectivity index (χ4n) is 2.83. The van der Waals surface area contributed by atoms with Crippen molar-refractivity contribution in [2.24, 2.45) is 0 Å². The Hall–Kier alpha value is -3.35. The molecule has 146 valence electrons. The molecule has 3 rings (SSSR count). The molecular weight excluding hydrogens is 360 g/mol. The molecule has 7 heteroatoms. The van der Waals surface area contributed by atoms with E-state index >= 15 is 0 Å². The fraction of sp³-hybridized carbons (Fsp3) is 0.286. The fourth-order valence-corrected chi connectivity index (χ4v) is 2.83. The molecule has 2 aromatic rings. The van der Waals surface area contributed by atoms with Gasteiger partial charge in [-0.1, -0.05) is 42.5 Å². The van der Waals surface area contributed by atoms with E-state index in [4.69, 9.17) is 9.47 Å². The van der Waals surface area contributed by atoms with Crippen LogP contribution >= 0.6 is 0 Å². The largest absolute Gasteiger partial charge is 0.478 e. The van der Waals surface area contributed by atoms with Crippen molar-refractivity contribution in [1.29, 1.82) is 0 Å². The number of ether oxygens (including phenoxy) is 2. The molecule has 1 aliphatic heterocycles. The molecule has 0 radical (unpaired) electrons. The van der Waals surface area contributed by atoms with Crippen molar-refractivity contribution >= 4 is 23.5 Å². The van der Waals surface area contributed by atoms with Crippen LogP contribution in [0.5, 0.6) is 5.75 Å². The molecule has 7 nitrogen and oxygen atoms in total. The van der Waals surface area contributed by atoms with Crippen LogP contribution in [0.2, 0.25) is 0 Å². The van der Waals surface area contributed by atoms with Crippen LogP contribution in [0.25, 0.3) is 0 Å². The Labute approximate surface area is 163 Å². The van der Waals surface area contributed by atoms with Crippen LogP contribution in [-0.2, 0) is 19.1 Å². The molecule has 2 N–H and O–H groups in total. The molecule has 3 atom stereocenters. The number of para-hydroxylation sites is 2. The van der Waals surface area contributed by atoms with Crippen molar-refractivity contribution in [1.82, 2.24) is 5.32 Å². The van der Waals surface area contributed by atoms with Gasteiger partial charge in [0.2, 0.25) is 0 Å². The lowest BCUT2D eigenvalue weighted by Gasteiger charge is -2.25. The molecule has 0 spiro atoms. The summed E-state index contributed by atoms with van der Waals surface area (Å²) in [6.45, 7) is 3.33. The van der Waals surface area contributed by atoms with E-state index in [1.165, 1.54) is 6.92 Å². The molecule has 1 aliphatic rings. The number of benzene rings is 2. The lowest BCUT2D eigenvalue weighted by atomic mass is 10.1. The molecule has 0 saturated heterocycles. The maximum absolute atomic E-state index is 12.3. The van der Waals surface area contributed by atoms with Gasteiger partial charge in [0.25, 0.3) is 11.8 Å². The van der Waals surface area contributed by atoms with Gasteiger partial charge in [-0.3, -0.25) is 14.4 Å². The van der Waals surface area contributed by atoms with Crippen LogP contribution in [0.1, 0.15) is 31.9 Å². The van der Waals surface area contributed by atoms with E-state index in [1.807, 2.05) is 37.3 Å². The normalized spacial score (nSPS) is 17.4. The topological polar surface area (TPSA) is 93.7 Å². The summed E-state index contributed by atoms with van der Waals surface area (Å²) in [6, 6.07) is 16.2. The summed E-state index contributed by atoms with van der Waals surface area (Å²) in [6.07, 6.45) is -2.27. The highest BCUT2D eigenvalue weighted by molar-refractivity contribution is 5.99. The Morgan fingerprint density at radius 1 is 1.11 bits per heavy atom. The van der Waals surface area contributed by atoms with Crippen LogP contribution < -0.4 is 15.4 Å². The van der Waals surface area contributed by atoms with Gasteiger partial charge in [-0.2, -0.15) is 0 Å². The maximum atomic E-state index is 12.3. The third kappa shape index (κ3) is 4.68. The molecule has 0 bridgehead atoms. The molecule has 0 aromatic heterocycles. The third-order valence-corrected chi connectivity index (χ3v) is 4.39. The first-order chi connectivity index (χ1) is 13.4. The van der Waals surface area contributed by atoms with Crippen molar-refractivity contribution < 1.29 is 23.9 Å². The first kappa shape index (κ1) is 19.4. The van der Waals surface area contributed by atoms with Crippen LogP contribution in [0, 0.1) is 0 Å². The quantitative estimate of drug-likeness (QED) is 0.749. The van der Waals surface area contributed by atoms with Crippen molar-refractivity contribution in [3.63, 3.8) is 0 Å². The first-order valence-corrected chi connectivity index (χ1v) is 9.05. The van der Waals surface area contributed by atoms with Crippen LogP contribution in [0.15, 0.2) is 54.6 Å². The van der Waals surface area contributed by atoms with Crippen LogP contribution in [0.4, 0.5) is 5.69 Å². The third-order valence-electron chi connectivity index (χ3n) is 4.39. The lowest BCUT2D eigenvalue weighted by Crippen LogP contribution is -2.41. The second-order valence-corrected chi connectivity index (χ2v) is 6.57. The van der Waals surface area contributed by atoms with Gasteiger partial charge in [0.15, 0.2) is 12.2 Å². The summed E-state index contributed by atoms with van der Waals surface area (Å²) in [5.41, 5.74) is 1.50. The molecule has 0 saturated carbocycles. The molecule has 3 unspecified atom stereocenters. The van der Waals surface area contributed by atoms with Gasteiger partial charge in [0.1, 0.15) is 5.75 Å². The summed E-state index contributed by atoms with van der Waals surface area (Å²) in [5.74, 6) is -1.04. The van der Waals surface area contributed by atoms with E-state index < -0.39 is 30.0 Å². The monoisotopic (exact) mass is 382 g/mol. The van der Waals surface area contributed by atoms with E-state index in [-0.39, 0.29) is 12.5 Å². The Balaban J connectivity index is 1.51. The minimum Gasteiger partial charge on any atom is -0.478 e. The maximum Gasteiger partial charge on any atom is 0.310 e. The highest BCUT2D eigenvalue weighted by atomic mass is 16.6. The van der Waals surface area contributed by atoms with Crippen LogP contribution in [-0.4, -0.2) is 30.0 Å². The predicted molar refractivity (Wildman–Crippen MR) is 103 cm³/mol. The van der Waals surface area contributed by atoms with E-state index in [9.17, 15) is 14.4 Å². The lowest BCUT2D eigenvalue weighted by molar-refractivity contribution is -0.157. The number of carbonyl (C=O) groups excluding carboxylic acids is 3. The Morgan fingerprint density at radius 3 is 2.54 bits per heavy atom. The van der Waals surface area contributed by atoms with Gasteiger partial charge in [0, 0.05) is 0 Å². The number of carbonyl (C=O) groups is 3. The van der Waals surface area contributed by atoms with E-state index in [1.54, 1.807) is 24.3 Å². The van der Waals surface area contributed by atoms with Crippen molar-refractivity contribution in [3.8, 4) is 5.75 Å². The standard InChI is InChI=1S/C21H22N2O5/c1-13(15-8-4-3-5-9-15)22-20(25)14(2)27-19(24)12-18-21(26)23-16-10-6-7-11-17(16)28-18/h3-11,13-14,18H,12H2,1-2H3,(H,22,25)(H,23,26). The van der Waals surface area contributed by atoms with Crippen LogP contribution in [0.3, 0.4) is 0 Å². The summed E-state index contributed by atoms with van der Waals surface area (Å²) < 4.78 is 10.7. The average Bonchev–Trinajstić information content (AvgIpc) is 2.69. The zero-order valence-corrected chi connectivity index (χ0v) is 15.7. The number of rotatable bonds is 6. The number of fused-ring (bicyclic) bond motifs is 1. The summed E-state index contributed by atoms with van der Waals surface area (Å²) in [4.78, 5) is 36.6. The molecule has 0 aliphatic carbocycles. The highest BCUT2D eigenvalue weighted by Crippen LogP contribution is 2.29. The molecular formula is C21H22N2O5. The van der Waals surface area contributed by atoms with Crippen molar-refractivity contribution in [3.05, 3.63) is 60.2 Å². The first-order valence-electron chi connectivity index (χ1n) is 9.05. The van der Waals surface area contributed by atoms with E-state index in [0.717, 1.165) is 5.56 Å². The van der Waals surface area contributed by atoms with Gasteiger partial charge >= 0.3 is 5.97 Å². The Bertz CT molecular complexity index is 868. The van der Waals surface area contributed by atoms with Gasteiger partial charge in [0.05, 0.1) is 18.2 Å². The highest BCUT2D eigenvalue weighted by Gasteiger charge is 2.31. The number of anilines is 1. The smallest absolute Gasteiger partial charge is 0.310 e. The molecule has 1 heterocycles. The zero-order chi connectivity index (χ0) is 20.1. The van der Waals surface area contributed by atoms with Gasteiger partial charge in [-0.15, -0.1) is 0 Å². The zero-order valence-electron chi connectivity index (χ0n) is 15.7. The summed E-state index contributed by atoms with van der Waals surface area (Å²) in [7, 11) is 0. The second kappa shape index (κ2) is 8.56. The number of nitrogens with one attached hydrogen (secondary N) is 2. The number of hydrogen-bond donors (Lipinski definition) is 2. The number of esters is 1. The Kier molecular flexibility index (Phi) is 5.93. The number of hydrogen-bond acceptors (Lipinski definition) is 5. The predicted octanol–water partition coefficient (Wildman–Crippen LogP) is 2.59. The Morgan fingerprint density at radius 2 is 1.79 bits per heavy atom. The SMILES string of the molecule is CC(OC(=O)CC1Oc2ccccc2NC1=O)C(=O)NC(C)c1ccccc1. The van der Waals surface area contributed by atoms with Crippen molar-refractivity contribution in [2.75, 3.05) is 5.32 Å².